The molecule has 37 heavy (non-hydrogen) atoms. The van der Waals surface area contributed by atoms with Crippen LogP contribution in [0.4, 0.5) is 10.1 Å². The fourth-order valence-corrected chi connectivity index (χ4v) is 4.92. The third-order valence-electron chi connectivity index (χ3n) is 6.23. The lowest BCUT2D eigenvalue weighted by Gasteiger charge is -2.13. The monoisotopic (exact) mass is 590 g/mol. The molecule has 7 heteroatoms. The zero-order valence-electron chi connectivity index (χ0n) is 22.1. The minimum atomic E-state index is -0.507. The second-order valence-electron chi connectivity index (χ2n) is 9.44. The van der Waals surface area contributed by atoms with Gasteiger partial charge in [-0.1, -0.05) is 94.2 Å². The van der Waals surface area contributed by atoms with Gasteiger partial charge in [-0.05, 0) is 37.6 Å². The molecule has 0 saturated heterocycles. The summed E-state index contributed by atoms with van der Waals surface area (Å²) < 4.78 is 22.4. The molecule has 4 nitrogen and oxygen atoms in total. The molecule has 1 aromatic heterocycles. The number of thiazole rings is 1. The summed E-state index contributed by atoms with van der Waals surface area (Å²) in [7, 11) is 0. The quantitative estimate of drug-likeness (QED) is 0.186. The lowest BCUT2D eigenvalue weighted by Crippen LogP contribution is -3.00. The highest BCUT2D eigenvalue weighted by Gasteiger charge is 2.17. The van der Waals surface area contributed by atoms with Crippen molar-refractivity contribution in [1.82, 2.24) is 0 Å². The van der Waals surface area contributed by atoms with Crippen molar-refractivity contribution in [2.24, 2.45) is 0 Å². The van der Waals surface area contributed by atoms with Crippen LogP contribution in [-0.2, 0) is 6.54 Å². The number of halogens is 2. The van der Waals surface area contributed by atoms with Gasteiger partial charge in [-0.3, -0.25) is 4.79 Å². The topological polar surface area (TPSA) is 42.2 Å². The molecule has 202 valence electrons. The Kier molecular flexibility index (Phi) is 14.5. The number of aromatic nitrogens is 1. The van der Waals surface area contributed by atoms with Crippen molar-refractivity contribution in [2.75, 3.05) is 11.9 Å². The van der Waals surface area contributed by atoms with Gasteiger partial charge in [-0.2, -0.15) is 4.57 Å². The standard InChI is InChI=1S/C30H39FN2O2S.BrH/c1-3-4-5-6-7-8-9-10-11-12-19-35-29-27(17-14-18-28(29)31)30(34)32-26-16-13-15-25(20-26)22-33-21-24(2)36-23-33;/h13-18,20-21,23H,3-12,19,22H2,1-2H3;1H. The Hall–Kier alpha value is -2.25. The molecular weight excluding hydrogens is 551 g/mol. The molecule has 1 amide bonds. The van der Waals surface area contributed by atoms with Gasteiger partial charge in [0.1, 0.15) is 0 Å². The van der Waals surface area contributed by atoms with Gasteiger partial charge >= 0.3 is 0 Å². The Morgan fingerprint density at radius 2 is 1.65 bits per heavy atom. The Bertz CT molecular complexity index is 1090. The maximum atomic E-state index is 14.6. The smallest absolute Gasteiger partial charge is 0.259 e. The second kappa shape index (κ2) is 17.3. The normalized spacial score (nSPS) is 10.7. The minimum absolute atomic E-state index is 0. The molecule has 0 aliphatic carbocycles. The Labute approximate surface area is 236 Å². The molecule has 3 rings (SSSR count). The first kappa shape index (κ1) is 31.0. The van der Waals surface area contributed by atoms with E-state index in [1.807, 2.05) is 24.3 Å². The SMILES string of the molecule is CCCCCCCCCCCCOc1c(F)cccc1C(=O)Nc1cccc(C[n+]2csc(C)c2)c1.[Br-]. The summed E-state index contributed by atoms with van der Waals surface area (Å²) in [5.74, 6) is -0.845. The van der Waals surface area contributed by atoms with E-state index in [-0.39, 0.29) is 34.2 Å². The van der Waals surface area contributed by atoms with Crippen molar-refractivity contribution < 1.29 is 35.5 Å². The number of rotatable bonds is 16. The van der Waals surface area contributed by atoms with Gasteiger partial charge in [0.2, 0.25) is 5.51 Å². The lowest BCUT2D eigenvalue weighted by atomic mass is 10.1. The largest absolute Gasteiger partial charge is 1.00 e. The van der Waals surface area contributed by atoms with Crippen molar-refractivity contribution in [3.63, 3.8) is 0 Å². The van der Waals surface area contributed by atoms with Crippen molar-refractivity contribution in [1.29, 1.82) is 0 Å². The number of para-hydroxylation sites is 1. The van der Waals surface area contributed by atoms with Crippen LogP contribution in [-0.4, -0.2) is 12.5 Å². The van der Waals surface area contributed by atoms with Crippen LogP contribution >= 0.6 is 11.3 Å². The Balaban J connectivity index is 0.00000481. The Morgan fingerprint density at radius 3 is 2.32 bits per heavy atom. The fourth-order valence-electron chi connectivity index (χ4n) is 4.28. The van der Waals surface area contributed by atoms with Crippen LogP contribution in [0.25, 0.3) is 0 Å². The van der Waals surface area contributed by atoms with Crippen molar-refractivity contribution in [2.45, 2.75) is 84.6 Å². The number of anilines is 1. The van der Waals surface area contributed by atoms with E-state index < -0.39 is 5.82 Å². The van der Waals surface area contributed by atoms with Crippen LogP contribution in [0.1, 0.15) is 91.9 Å². The van der Waals surface area contributed by atoms with E-state index in [9.17, 15) is 9.18 Å². The summed E-state index contributed by atoms with van der Waals surface area (Å²) >= 11 is 1.70. The average Bonchev–Trinajstić information content (AvgIpc) is 3.27. The summed E-state index contributed by atoms with van der Waals surface area (Å²) in [6.45, 7) is 5.45. The number of amides is 1. The molecule has 0 aliphatic heterocycles. The molecule has 0 unspecified atom stereocenters. The number of aryl methyl sites for hydroxylation is 1. The molecule has 1 heterocycles. The third kappa shape index (κ3) is 10.9. The number of hydrogen-bond acceptors (Lipinski definition) is 3. The number of benzene rings is 2. The summed E-state index contributed by atoms with van der Waals surface area (Å²) in [5, 5.41) is 2.91. The number of nitrogens with one attached hydrogen (secondary N) is 1. The predicted molar refractivity (Wildman–Crippen MR) is 146 cm³/mol. The van der Waals surface area contributed by atoms with Gasteiger partial charge in [-0.15, -0.1) is 0 Å². The number of carbonyl (C=O) groups is 1. The first-order valence-electron chi connectivity index (χ1n) is 13.3. The number of hydrogen-bond donors (Lipinski definition) is 1. The van der Waals surface area contributed by atoms with Crippen molar-refractivity contribution in [3.8, 4) is 5.75 Å². The highest BCUT2D eigenvalue weighted by atomic mass is 79.9. The van der Waals surface area contributed by atoms with Gasteiger partial charge in [0, 0.05) is 11.3 Å². The van der Waals surface area contributed by atoms with E-state index in [1.54, 1.807) is 23.5 Å². The first-order chi connectivity index (χ1) is 17.6. The number of carbonyl (C=O) groups excluding carboxylic acids is 1. The first-order valence-corrected chi connectivity index (χ1v) is 14.2. The molecule has 1 N–H and O–H groups in total. The van der Waals surface area contributed by atoms with Gasteiger partial charge in [-0.25, -0.2) is 4.39 Å². The van der Waals surface area contributed by atoms with Gasteiger partial charge in [0.25, 0.3) is 5.91 Å². The summed E-state index contributed by atoms with van der Waals surface area (Å²) in [6, 6.07) is 12.2. The van der Waals surface area contributed by atoms with E-state index in [1.165, 1.54) is 62.3 Å². The molecular formula is C30H40BrFN2O2S. The number of ether oxygens (including phenoxy) is 1. The summed E-state index contributed by atoms with van der Waals surface area (Å²) in [5.41, 5.74) is 4.04. The number of unbranched alkanes of at least 4 members (excludes halogenated alkanes) is 9. The molecule has 0 spiro atoms. The molecule has 0 bridgehead atoms. The van der Waals surface area contributed by atoms with Gasteiger partial charge in [0.05, 0.1) is 17.0 Å². The zero-order valence-corrected chi connectivity index (χ0v) is 24.5. The molecule has 0 radical (unpaired) electrons. The molecule has 0 saturated carbocycles. The molecule has 3 aromatic rings. The van der Waals surface area contributed by atoms with Crippen LogP contribution in [0.3, 0.4) is 0 Å². The molecule has 0 aliphatic rings. The zero-order chi connectivity index (χ0) is 25.6. The second-order valence-corrected chi connectivity index (χ2v) is 10.5. The Morgan fingerprint density at radius 1 is 0.973 bits per heavy atom. The maximum absolute atomic E-state index is 14.6. The van der Waals surface area contributed by atoms with Gasteiger partial charge in [0.15, 0.2) is 24.3 Å². The highest BCUT2D eigenvalue weighted by Crippen LogP contribution is 2.25. The fraction of sp³-hybridized carbons (Fsp3) is 0.467. The lowest BCUT2D eigenvalue weighted by molar-refractivity contribution is -0.683. The average molecular weight is 592 g/mol. The van der Waals surface area contributed by atoms with Crippen LogP contribution in [0.5, 0.6) is 5.75 Å². The van der Waals surface area contributed by atoms with E-state index in [0.717, 1.165) is 24.9 Å². The van der Waals surface area contributed by atoms with Crippen LogP contribution in [0.15, 0.2) is 54.2 Å². The summed E-state index contributed by atoms with van der Waals surface area (Å²) in [6.07, 6.45) is 14.3. The minimum Gasteiger partial charge on any atom is -1.00 e. The van der Waals surface area contributed by atoms with E-state index in [2.05, 4.69) is 35.4 Å². The van der Waals surface area contributed by atoms with E-state index in [4.69, 9.17) is 4.74 Å². The van der Waals surface area contributed by atoms with Crippen molar-refractivity contribution in [3.05, 3.63) is 76.0 Å². The maximum Gasteiger partial charge on any atom is 0.259 e. The predicted octanol–water partition coefficient (Wildman–Crippen LogP) is 5.09. The van der Waals surface area contributed by atoms with Crippen molar-refractivity contribution >= 4 is 22.9 Å². The third-order valence-corrected chi connectivity index (χ3v) is 7.08. The van der Waals surface area contributed by atoms with Crippen LogP contribution in [0.2, 0.25) is 0 Å². The van der Waals surface area contributed by atoms with E-state index in [0.29, 0.717) is 12.3 Å². The highest BCUT2D eigenvalue weighted by molar-refractivity contribution is 7.09. The molecule has 0 fully saturated rings. The van der Waals surface area contributed by atoms with E-state index >= 15 is 0 Å². The number of nitrogens with zero attached hydrogens (tertiary/aromatic N) is 1. The van der Waals surface area contributed by atoms with Crippen LogP contribution < -0.4 is 31.6 Å². The molecule has 2 aromatic carbocycles. The summed E-state index contributed by atoms with van der Waals surface area (Å²) in [4.78, 5) is 14.2. The van der Waals surface area contributed by atoms with Gasteiger partial charge < -0.3 is 27.0 Å². The molecule has 0 atom stereocenters. The van der Waals surface area contributed by atoms with Crippen LogP contribution in [0, 0.1) is 12.7 Å².